The number of rotatable bonds is 4. The highest BCUT2D eigenvalue weighted by Gasteiger charge is 2.09. The summed E-state index contributed by atoms with van der Waals surface area (Å²) in [7, 11) is 3.03. The number of nitrogens with one attached hydrogen (secondary N) is 1. The lowest BCUT2D eigenvalue weighted by Crippen LogP contribution is -2.35. The molecule has 17 heavy (non-hydrogen) atoms. The minimum Gasteiger partial charge on any atom is -0.493 e. The summed E-state index contributed by atoms with van der Waals surface area (Å²) in [6.07, 6.45) is 0.0449. The fourth-order valence-electron chi connectivity index (χ4n) is 1.36. The molecule has 0 spiro atoms. The van der Waals surface area contributed by atoms with E-state index in [0.29, 0.717) is 17.1 Å². The summed E-state index contributed by atoms with van der Waals surface area (Å²) in [6, 6.07) is 4.20. The maximum absolute atomic E-state index is 11.3. The zero-order chi connectivity index (χ0) is 12.8. The topological polar surface area (TPSA) is 90.6 Å². The second kappa shape index (κ2) is 5.74. The van der Waals surface area contributed by atoms with Gasteiger partial charge in [-0.2, -0.15) is 0 Å². The summed E-state index contributed by atoms with van der Waals surface area (Å²) in [6.45, 7) is 0. The summed E-state index contributed by atoms with van der Waals surface area (Å²) < 4.78 is 10.2. The Balaban J connectivity index is 2.79. The van der Waals surface area contributed by atoms with Gasteiger partial charge in [0.2, 0.25) is 5.91 Å². The third kappa shape index (κ3) is 3.67. The van der Waals surface area contributed by atoms with Gasteiger partial charge in [0.25, 0.3) is 0 Å². The number of primary amides is 1. The zero-order valence-electron chi connectivity index (χ0n) is 9.65. The van der Waals surface area contributed by atoms with E-state index in [1.165, 1.54) is 14.2 Å². The van der Waals surface area contributed by atoms with Crippen molar-refractivity contribution in [3.63, 3.8) is 0 Å². The highest BCUT2D eigenvalue weighted by molar-refractivity contribution is 5.94. The number of ether oxygens (including phenoxy) is 2. The quantitative estimate of drug-likeness (QED) is 0.796. The van der Waals surface area contributed by atoms with Crippen LogP contribution in [0.1, 0.15) is 5.56 Å². The lowest BCUT2D eigenvalue weighted by atomic mass is 10.1. The summed E-state index contributed by atoms with van der Waals surface area (Å²) >= 11 is 0. The average molecular weight is 238 g/mol. The predicted octanol–water partition coefficient (Wildman–Crippen LogP) is 0.441. The molecule has 0 aromatic heterocycles. The van der Waals surface area contributed by atoms with Crippen LogP contribution in [0.2, 0.25) is 0 Å². The first kappa shape index (κ1) is 12.8. The van der Waals surface area contributed by atoms with Crippen LogP contribution >= 0.6 is 0 Å². The Morgan fingerprint density at radius 3 is 2.41 bits per heavy atom. The molecule has 0 aliphatic carbocycles. The molecule has 1 aromatic rings. The van der Waals surface area contributed by atoms with Gasteiger partial charge < -0.3 is 15.2 Å². The SMILES string of the molecule is COc1ccc(CC(=O)NC(N)=O)cc1OC. The Morgan fingerprint density at radius 1 is 1.24 bits per heavy atom. The van der Waals surface area contributed by atoms with E-state index >= 15 is 0 Å². The molecule has 0 heterocycles. The number of hydrogen-bond acceptors (Lipinski definition) is 4. The number of nitrogens with two attached hydrogens (primary N) is 1. The lowest BCUT2D eigenvalue weighted by molar-refractivity contribution is -0.119. The Bertz CT molecular complexity index is 431. The summed E-state index contributed by atoms with van der Waals surface area (Å²) in [5.74, 6) is 0.633. The van der Waals surface area contributed by atoms with Gasteiger partial charge in [-0.25, -0.2) is 4.79 Å². The van der Waals surface area contributed by atoms with Gasteiger partial charge in [0.1, 0.15) is 0 Å². The van der Waals surface area contributed by atoms with E-state index in [0.717, 1.165) is 0 Å². The smallest absolute Gasteiger partial charge is 0.318 e. The molecule has 0 aliphatic heterocycles. The van der Waals surface area contributed by atoms with E-state index in [1.807, 2.05) is 5.32 Å². The number of imide groups is 1. The van der Waals surface area contributed by atoms with Crippen LogP contribution in [0.3, 0.4) is 0 Å². The Morgan fingerprint density at radius 2 is 1.88 bits per heavy atom. The second-order valence-electron chi connectivity index (χ2n) is 3.28. The van der Waals surface area contributed by atoms with Gasteiger partial charge in [0.15, 0.2) is 11.5 Å². The third-order valence-electron chi connectivity index (χ3n) is 2.08. The van der Waals surface area contributed by atoms with Crippen molar-refractivity contribution in [2.45, 2.75) is 6.42 Å². The monoisotopic (exact) mass is 238 g/mol. The molecular weight excluding hydrogens is 224 g/mol. The highest BCUT2D eigenvalue weighted by atomic mass is 16.5. The van der Waals surface area contributed by atoms with Gasteiger partial charge in [-0.15, -0.1) is 0 Å². The number of carbonyl (C=O) groups excluding carboxylic acids is 2. The van der Waals surface area contributed by atoms with Crippen molar-refractivity contribution in [3.05, 3.63) is 23.8 Å². The molecule has 1 aromatic carbocycles. The molecule has 0 saturated heterocycles. The second-order valence-corrected chi connectivity index (χ2v) is 3.28. The Labute approximate surface area is 98.7 Å². The van der Waals surface area contributed by atoms with E-state index in [2.05, 4.69) is 0 Å². The summed E-state index contributed by atoms with van der Waals surface area (Å²) in [4.78, 5) is 21.8. The lowest BCUT2D eigenvalue weighted by Gasteiger charge is -2.09. The van der Waals surface area contributed by atoms with E-state index in [9.17, 15) is 9.59 Å². The predicted molar refractivity (Wildman–Crippen MR) is 61.0 cm³/mol. The van der Waals surface area contributed by atoms with Crippen LogP contribution in [0.25, 0.3) is 0 Å². The molecule has 0 saturated carbocycles. The van der Waals surface area contributed by atoms with E-state index in [1.54, 1.807) is 18.2 Å². The van der Waals surface area contributed by atoms with Crippen LogP contribution in [-0.4, -0.2) is 26.2 Å². The van der Waals surface area contributed by atoms with Gasteiger partial charge in [-0.05, 0) is 17.7 Å². The highest BCUT2D eigenvalue weighted by Crippen LogP contribution is 2.27. The van der Waals surface area contributed by atoms with Crippen LogP contribution in [0.15, 0.2) is 18.2 Å². The van der Waals surface area contributed by atoms with Crippen LogP contribution in [0.5, 0.6) is 11.5 Å². The Kier molecular flexibility index (Phi) is 4.33. The number of methoxy groups -OCH3 is 2. The molecule has 0 radical (unpaired) electrons. The minimum absolute atomic E-state index is 0.0449. The summed E-state index contributed by atoms with van der Waals surface area (Å²) in [5, 5.41) is 1.99. The molecule has 0 bridgehead atoms. The van der Waals surface area contributed by atoms with Gasteiger partial charge >= 0.3 is 6.03 Å². The summed E-state index contributed by atoms with van der Waals surface area (Å²) in [5.41, 5.74) is 5.53. The van der Waals surface area contributed by atoms with Gasteiger partial charge in [-0.3, -0.25) is 10.1 Å². The largest absolute Gasteiger partial charge is 0.493 e. The molecular formula is C11H14N2O4. The number of hydrogen-bond donors (Lipinski definition) is 2. The van der Waals surface area contributed by atoms with Gasteiger partial charge in [-0.1, -0.05) is 6.07 Å². The maximum Gasteiger partial charge on any atom is 0.318 e. The maximum atomic E-state index is 11.3. The number of carbonyl (C=O) groups is 2. The van der Waals surface area contributed by atoms with Crippen molar-refractivity contribution in [3.8, 4) is 11.5 Å². The van der Waals surface area contributed by atoms with Crippen molar-refractivity contribution >= 4 is 11.9 Å². The average Bonchev–Trinajstić information content (AvgIpc) is 2.27. The first-order valence-electron chi connectivity index (χ1n) is 4.87. The van der Waals surface area contributed by atoms with Gasteiger partial charge in [0.05, 0.1) is 20.6 Å². The van der Waals surface area contributed by atoms with Crippen LogP contribution in [-0.2, 0) is 11.2 Å². The number of benzene rings is 1. The van der Waals surface area contributed by atoms with Crippen molar-refractivity contribution in [2.24, 2.45) is 5.73 Å². The molecule has 6 nitrogen and oxygen atoms in total. The first-order valence-corrected chi connectivity index (χ1v) is 4.87. The van der Waals surface area contributed by atoms with Crippen molar-refractivity contribution < 1.29 is 19.1 Å². The standard InChI is InChI=1S/C11H14N2O4/c1-16-8-4-3-7(5-9(8)17-2)6-10(14)13-11(12)15/h3-5H,6H2,1-2H3,(H3,12,13,14,15). The molecule has 0 atom stereocenters. The molecule has 3 amide bonds. The number of amides is 3. The minimum atomic E-state index is -0.865. The van der Waals surface area contributed by atoms with Crippen LogP contribution in [0.4, 0.5) is 4.79 Å². The zero-order valence-corrected chi connectivity index (χ0v) is 9.65. The number of urea groups is 1. The fourth-order valence-corrected chi connectivity index (χ4v) is 1.36. The van der Waals surface area contributed by atoms with E-state index < -0.39 is 11.9 Å². The molecule has 6 heteroatoms. The molecule has 92 valence electrons. The molecule has 3 N–H and O–H groups in total. The molecule has 0 unspecified atom stereocenters. The van der Waals surface area contributed by atoms with E-state index in [-0.39, 0.29) is 6.42 Å². The first-order chi connectivity index (χ1) is 8.06. The third-order valence-corrected chi connectivity index (χ3v) is 2.08. The fraction of sp³-hybridized carbons (Fsp3) is 0.273. The van der Waals surface area contributed by atoms with Crippen molar-refractivity contribution in [1.82, 2.24) is 5.32 Å². The molecule has 0 aliphatic rings. The van der Waals surface area contributed by atoms with Crippen molar-refractivity contribution in [1.29, 1.82) is 0 Å². The van der Waals surface area contributed by atoms with E-state index in [4.69, 9.17) is 15.2 Å². The van der Waals surface area contributed by atoms with Gasteiger partial charge in [0, 0.05) is 0 Å². The van der Waals surface area contributed by atoms with Crippen LogP contribution < -0.4 is 20.5 Å². The molecule has 0 fully saturated rings. The van der Waals surface area contributed by atoms with Crippen molar-refractivity contribution in [2.75, 3.05) is 14.2 Å². The Hall–Kier alpha value is -2.24. The normalized spacial score (nSPS) is 9.53. The molecule has 1 rings (SSSR count). The van der Waals surface area contributed by atoms with Crippen LogP contribution in [0, 0.1) is 0 Å².